The Balaban J connectivity index is 2.96. The van der Waals surface area contributed by atoms with E-state index in [4.69, 9.17) is 12.2 Å². The molecule has 0 aromatic rings. The first kappa shape index (κ1) is 12.4. The van der Waals surface area contributed by atoms with Crippen molar-refractivity contribution in [2.45, 2.75) is 31.6 Å². The minimum absolute atomic E-state index is 0.154. The SMILES string of the molecule is CC(=O)NC1C(=O)N(C)C(=S)SC1(C)C. The predicted molar refractivity (Wildman–Crippen MR) is 64.6 cm³/mol. The molecule has 0 saturated carbocycles. The summed E-state index contributed by atoms with van der Waals surface area (Å²) in [6, 6.07) is -0.517. The van der Waals surface area contributed by atoms with E-state index in [9.17, 15) is 9.59 Å². The van der Waals surface area contributed by atoms with Gasteiger partial charge in [-0.25, -0.2) is 0 Å². The Labute approximate surface area is 98.8 Å². The van der Waals surface area contributed by atoms with Crippen molar-refractivity contribution in [1.82, 2.24) is 10.2 Å². The first-order valence-electron chi connectivity index (χ1n) is 4.53. The van der Waals surface area contributed by atoms with Gasteiger partial charge in [0.15, 0.2) is 0 Å². The number of thioether (sulfide) groups is 1. The number of hydrogen-bond donors (Lipinski definition) is 1. The van der Waals surface area contributed by atoms with Crippen LogP contribution in [0.3, 0.4) is 0 Å². The van der Waals surface area contributed by atoms with Gasteiger partial charge in [-0.2, -0.15) is 0 Å². The van der Waals surface area contributed by atoms with Gasteiger partial charge in [-0.1, -0.05) is 24.0 Å². The zero-order chi connectivity index (χ0) is 11.8. The summed E-state index contributed by atoms with van der Waals surface area (Å²) in [6.45, 7) is 5.20. The molecule has 1 aliphatic rings. The van der Waals surface area contributed by atoms with E-state index in [0.29, 0.717) is 4.32 Å². The van der Waals surface area contributed by atoms with Crippen molar-refractivity contribution < 1.29 is 9.59 Å². The molecule has 15 heavy (non-hydrogen) atoms. The van der Waals surface area contributed by atoms with Gasteiger partial charge < -0.3 is 5.32 Å². The van der Waals surface area contributed by atoms with Gasteiger partial charge in [0.25, 0.3) is 5.91 Å². The predicted octanol–water partition coefficient (Wildman–Crippen LogP) is 0.760. The minimum Gasteiger partial charge on any atom is -0.343 e. The lowest BCUT2D eigenvalue weighted by atomic mass is 10.0. The average molecular weight is 246 g/mol. The van der Waals surface area contributed by atoms with Gasteiger partial charge >= 0.3 is 0 Å². The Morgan fingerprint density at radius 1 is 1.60 bits per heavy atom. The molecule has 0 bridgehead atoms. The van der Waals surface area contributed by atoms with Crippen LogP contribution in [-0.4, -0.2) is 38.9 Å². The summed E-state index contributed by atoms with van der Waals surface area (Å²) >= 11 is 6.50. The molecule has 1 rings (SSSR count). The molecule has 0 aromatic carbocycles. The maximum atomic E-state index is 11.9. The maximum absolute atomic E-state index is 11.9. The van der Waals surface area contributed by atoms with Crippen LogP contribution in [0.4, 0.5) is 0 Å². The number of nitrogens with one attached hydrogen (secondary N) is 1. The lowest BCUT2D eigenvalue weighted by molar-refractivity contribution is -0.132. The molecule has 84 valence electrons. The fraction of sp³-hybridized carbons (Fsp3) is 0.667. The molecular weight excluding hydrogens is 232 g/mol. The normalized spacial score (nSPS) is 25.3. The fourth-order valence-corrected chi connectivity index (χ4v) is 3.06. The van der Waals surface area contributed by atoms with Gasteiger partial charge in [0.2, 0.25) is 5.91 Å². The van der Waals surface area contributed by atoms with E-state index in [2.05, 4.69) is 5.32 Å². The van der Waals surface area contributed by atoms with Crippen LogP contribution in [0.2, 0.25) is 0 Å². The topological polar surface area (TPSA) is 49.4 Å². The van der Waals surface area contributed by atoms with E-state index in [0.717, 1.165) is 0 Å². The van der Waals surface area contributed by atoms with Crippen LogP contribution in [0.5, 0.6) is 0 Å². The van der Waals surface area contributed by atoms with E-state index in [-0.39, 0.29) is 11.8 Å². The average Bonchev–Trinajstić information content (AvgIpc) is 2.08. The highest BCUT2D eigenvalue weighted by Crippen LogP contribution is 2.35. The Kier molecular flexibility index (Phi) is 3.40. The number of carbonyl (C=O) groups excluding carboxylic acids is 2. The fourth-order valence-electron chi connectivity index (χ4n) is 1.37. The number of thiocarbonyl (C=S) groups is 1. The highest BCUT2D eigenvalue weighted by Gasteiger charge is 2.44. The van der Waals surface area contributed by atoms with Gasteiger partial charge in [0.1, 0.15) is 10.4 Å². The Morgan fingerprint density at radius 2 is 2.13 bits per heavy atom. The highest BCUT2D eigenvalue weighted by molar-refractivity contribution is 8.24. The number of likely N-dealkylation sites (N-methyl/N-ethyl adjacent to an activating group) is 1. The highest BCUT2D eigenvalue weighted by atomic mass is 32.2. The quantitative estimate of drug-likeness (QED) is 0.694. The Morgan fingerprint density at radius 3 is 2.60 bits per heavy atom. The van der Waals surface area contributed by atoms with Crippen molar-refractivity contribution in [3.63, 3.8) is 0 Å². The molecule has 1 saturated heterocycles. The summed E-state index contributed by atoms with van der Waals surface area (Å²) in [5.41, 5.74) is 0. The lowest BCUT2D eigenvalue weighted by Gasteiger charge is -2.41. The number of hydrogen-bond acceptors (Lipinski definition) is 4. The Bertz CT molecular complexity index is 328. The van der Waals surface area contributed by atoms with Gasteiger partial charge in [-0.3, -0.25) is 14.5 Å². The second-order valence-electron chi connectivity index (χ2n) is 4.00. The molecular formula is C9H14N2O2S2. The van der Waals surface area contributed by atoms with E-state index in [1.165, 1.54) is 23.6 Å². The molecule has 0 spiro atoms. The largest absolute Gasteiger partial charge is 0.343 e. The van der Waals surface area contributed by atoms with Crippen LogP contribution in [-0.2, 0) is 9.59 Å². The monoisotopic (exact) mass is 246 g/mol. The van der Waals surface area contributed by atoms with Gasteiger partial charge in [-0.05, 0) is 13.8 Å². The number of carbonyl (C=O) groups is 2. The number of rotatable bonds is 1. The second kappa shape index (κ2) is 4.09. The Hall–Kier alpha value is -0.620. The maximum Gasteiger partial charge on any atom is 0.251 e. The minimum atomic E-state index is -0.517. The number of amides is 2. The van der Waals surface area contributed by atoms with E-state index in [1.807, 2.05) is 13.8 Å². The van der Waals surface area contributed by atoms with Crippen molar-refractivity contribution in [3.05, 3.63) is 0 Å². The summed E-state index contributed by atoms with van der Waals surface area (Å²) in [7, 11) is 1.63. The molecule has 0 radical (unpaired) electrons. The third kappa shape index (κ3) is 2.49. The molecule has 1 heterocycles. The van der Waals surface area contributed by atoms with Crippen molar-refractivity contribution in [3.8, 4) is 0 Å². The van der Waals surface area contributed by atoms with Crippen molar-refractivity contribution in [1.29, 1.82) is 0 Å². The van der Waals surface area contributed by atoms with Crippen molar-refractivity contribution >= 4 is 40.1 Å². The van der Waals surface area contributed by atoms with E-state index in [1.54, 1.807) is 7.05 Å². The first-order valence-corrected chi connectivity index (χ1v) is 5.76. The zero-order valence-corrected chi connectivity index (χ0v) is 10.8. The van der Waals surface area contributed by atoms with Crippen molar-refractivity contribution in [2.24, 2.45) is 0 Å². The molecule has 4 nitrogen and oxygen atoms in total. The second-order valence-corrected chi connectivity index (χ2v) is 6.29. The molecule has 1 unspecified atom stereocenters. The van der Waals surface area contributed by atoms with Crippen LogP contribution in [0, 0.1) is 0 Å². The van der Waals surface area contributed by atoms with Crippen LogP contribution in [0.15, 0.2) is 0 Å². The molecule has 1 atom stereocenters. The third-order valence-corrected chi connectivity index (χ3v) is 3.98. The van der Waals surface area contributed by atoms with Crippen LogP contribution in [0.1, 0.15) is 20.8 Å². The van der Waals surface area contributed by atoms with Gasteiger partial charge in [-0.15, -0.1) is 0 Å². The first-order chi connectivity index (χ1) is 6.75. The summed E-state index contributed by atoms with van der Waals surface area (Å²) < 4.78 is 0.151. The standard InChI is InChI=1S/C9H14N2O2S2/c1-5(12)10-6-7(13)11(4)8(14)15-9(6,2)3/h6H,1-4H3,(H,10,12). The van der Waals surface area contributed by atoms with Crippen molar-refractivity contribution in [2.75, 3.05) is 7.05 Å². The summed E-state index contributed by atoms with van der Waals surface area (Å²) in [6.07, 6.45) is 0. The zero-order valence-electron chi connectivity index (χ0n) is 9.16. The number of nitrogens with zero attached hydrogens (tertiary/aromatic N) is 1. The third-order valence-electron chi connectivity index (χ3n) is 2.24. The van der Waals surface area contributed by atoms with E-state index < -0.39 is 10.8 Å². The van der Waals surface area contributed by atoms with Gasteiger partial charge in [0, 0.05) is 18.7 Å². The van der Waals surface area contributed by atoms with Crippen LogP contribution in [0.25, 0.3) is 0 Å². The lowest BCUT2D eigenvalue weighted by Crippen LogP contribution is -2.61. The molecule has 0 aromatic heterocycles. The van der Waals surface area contributed by atoms with Gasteiger partial charge in [0.05, 0.1) is 0 Å². The molecule has 1 fully saturated rings. The summed E-state index contributed by atoms with van der Waals surface area (Å²) in [5.74, 6) is -0.359. The molecule has 1 N–H and O–H groups in total. The molecule has 1 aliphatic heterocycles. The molecule has 0 aliphatic carbocycles. The molecule has 2 amide bonds. The van der Waals surface area contributed by atoms with E-state index >= 15 is 0 Å². The smallest absolute Gasteiger partial charge is 0.251 e. The molecule has 6 heteroatoms. The summed E-state index contributed by atoms with van der Waals surface area (Å²) in [4.78, 5) is 24.3. The summed E-state index contributed by atoms with van der Waals surface area (Å²) in [5, 5.41) is 2.66. The van der Waals surface area contributed by atoms with Crippen LogP contribution < -0.4 is 5.32 Å². The van der Waals surface area contributed by atoms with Crippen LogP contribution >= 0.6 is 24.0 Å².